The Bertz CT molecular complexity index is 1840. The van der Waals surface area contributed by atoms with E-state index in [1.807, 2.05) is 48.5 Å². The maximum absolute atomic E-state index is 9.48. The zero-order valence-electron chi connectivity index (χ0n) is 24.2. The van der Waals surface area contributed by atoms with E-state index < -0.39 is 0 Å². The minimum absolute atomic E-state index is 0.0512. The van der Waals surface area contributed by atoms with Crippen LogP contribution in [0.5, 0.6) is 11.5 Å². The van der Waals surface area contributed by atoms with Crippen LogP contribution in [0.4, 0.5) is 0 Å². The Kier molecular flexibility index (Phi) is 7.68. The van der Waals surface area contributed by atoms with Crippen LogP contribution in [0.25, 0.3) is 44.2 Å². The van der Waals surface area contributed by atoms with Gasteiger partial charge in [0.2, 0.25) is 0 Å². The summed E-state index contributed by atoms with van der Waals surface area (Å²) in [5.41, 5.74) is 10.9. The van der Waals surface area contributed by atoms with Crippen molar-refractivity contribution in [3.8, 4) is 33.8 Å². The van der Waals surface area contributed by atoms with Gasteiger partial charge in [-0.25, -0.2) is 0 Å². The van der Waals surface area contributed by atoms with Crippen molar-refractivity contribution in [1.82, 2.24) is 0 Å². The van der Waals surface area contributed by atoms with Crippen molar-refractivity contribution in [2.24, 2.45) is 0 Å². The van der Waals surface area contributed by atoms with E-state index >= 15 is 0 Å². The molecule has 44 heavy (non-hydrogen) atoms. The van der Waals surface area contributed by atoms with Gasteiger partial charge in [0.05, 0.1) is 13.2 Å². The maximum Gasteiger partial charge on any atom is 0.127 e. The zero-order valence-corrected chi connectivity index (χ0v) is 24.2. The predicted octanol–water partition coefficient (Wildman–Crippen LogP) is 8.24. The fraction of sp³-hybridized carbons (Fsp3) is 0.100. The van der Waals surface area contributed by atoms with Crippen LogP contribution >= 0.6 is 0 Å². The average molecular weight is 577 g/mol. The summed E-state index contributed by atoms with van der Waals surface area (Å²) in [5, 5.41) is 21.4. The van der Waals surface area contributed by atoms with E-state index in [0.717, 1.165) is 56.0 Å². The maximum atomic E-state index is 9.48. The van der Waals surface area contributed by atoms with E-state index in [1.54, 1.807) is 0 Å². The molecule has 0 spiro atoms. The normalized spacial score (nSPS) is 12.1. The summed E-state index contributed by atoms with van der Waals surface area (Å²) in [6.07, 6.45) is 0. The van der Waals surface area contributed by atoms with Gasteiger partial charge in [0.25, 0.3) is 0 Å². The van der Waals surface area contributed by atoms with Gasteiger partial charge in [-0.3, -0.25) is 0 Å². The molecule has 6 aromatic carbocycles. The van der Waals surface area contributed by atoms with Gasteiger partial charge in [-0.15, -0.1) is 0 Å². The molecule has 0 unspecified atom stereocenters. The molecule has 0 amide bonds. The summed E-state index contributed by atoms with van der Waals surface area (Å²) in [5.74, 6) is 1.48. The molecule has 0 atom stereocenters. The molecule has 216 valence electrons. The Balaban J connectivity index is 1.48. The second-order valence-electron chi connectivity index (χ2n) is 10.8. The summed E-state index contributed by atoms with van der Waals surface area (Å²) in [6.45, 7) is 0.352. The highest BCUT2D eigenvalue weighted by atomic mass is 16.5. The van der Waals surface area contributed by atoms with Crippen LogP contribution in [0.3, 0.4) is 0 Å². The number of hydrogen-bond acceptors (Lipinski definition) is 4. The second-order valence-corrected chi connectivity index (χ2v) is 10.8. The lowest BCUT2D eigenvalue weighted by molar-refractivity contribution is 0.202. The molecule has 4 heteroatoms. The van der Waals surface area contributed by atoms with Crippen LogP contribution < -0.4 is 9.47 Å². The molecule has 0 aromatic heterocycles. The van der Waals surface area contributed by atoms with Crippen LogP contribution in [0.15, 0.2) is 133 Å². The van der Waals surface area contributed by atoms with E-state index in [9.17, 15) is 10.2 Å². The zero-order chi connectivity index (χ0) is 29.9. The molecule has 6 aromatic rings. The van der Waals surface area contributed by atoms with Gasteiger partial charge in [0.15, 0.2) is 0 Å². The van der Waals surface area contributed by atoms with E-state index in [-0.39, 0.29) is 26.4 Å². The molecular formula is C40H32O4. The Morgan fingerprint density at radius 2 is 0.864 bits per heavy atom. The highest BCUT2D eigenvalue weighted by Gasteiger charge is 2.27. The molecule has 0 bridgehead atoms. The summed E-state index contributed by atoms with van der Waals surface area (Å²) >= 11 is 0. The molecule has 0 heterocycles. The van der Waals surface area contributed by atoms with Crippen molar-refractivity contribution >= 4 is 21.9 Å². The van der Waals surface area contributed by atoms with Crippen molar-refractivity contribution in [2.45, 2.75) is 0 Å². The van der Waals surface area contributed by atoms with Crippen molar-refractivity contribution in [1.29, 1.82) is 0 Å². The van der Waals surface area contributed by atoms with Crippen molar-refractivity contribution < 1.29 is 19.7 Å². The minimum Gasteiger partial charge on any atom is -0.491 e. The fourth-order valence-electron chi connectivity index (χ4n) is 6.25. The largest absolute Gasteiger partial charge is 0.491 e. The number of aliphatic hydroxyl groups is 2. The van der Waals surface area contributed by atoms with Gasteiger partial charge in [-0.05, 0) is 79.6 Å². The van der Waals surface area contributed by atoms with Crippen molar-refractivity contribution in [2.75, 3.05) is 26.4 Å². The van der Waals surface area contributed by atoms with Gasteiger partial charge in [0, 0.05) is 11.1 Å². The SMILES string of the molecule is OCCOc1ccc(C2=C(c3ccc(OCCO)c(-c4ccccc4)c3)c3cccc4cccc2c34)cc1-c1ccccc1. The lowest BCUT2D eigenvalue weighted by Gasteiger charge is -2.17. The number of hydrogen-bond donors (Lipinski definition) is 2. The third-order valence-electron chi connectivity index (χ3n) is 8.10. The second kappa shape index (κ2) is 12.2. The first-order valence-corrected chi connectivity index (χ1v) is 14.9. The summed E-state index contributed by atoms with van der Waals surface area (Å²) < 4.78 is 12.0. The van der Waals surface area contributed by atoms with Crippen LogP contribution in [0, 0.1) is 0 Å². The number of ether oxygens (including phenoxy) is 2. The molecule has 7 rings (SSSR count). The van der Waals surface area contributed by atoms with Gasteiger partial charge in [0.1, 0.15) is 24.7 Å². The minimum atomic E-state index is -0.0512. The molecule has 2 N–H and O–H groups in total. The molecule has 4 nitrogen and oxygen atoms in total. The molecule has 0 fully saturated rings. The van der Waals surface area contributed by atoms with Gasteiger partial charge >= 0.3 is 0 Å². The van der Waals surface area contributed by atoms with Gasteiger partial charge in [-0.1, -0.05) is 109 Å². The number of benzene rings is 6. The number of aliphatic hydroxyl groups excluding tert-OH is 2. The average Bonchev–Trinajstić information content (AvgIpc) is 3.43. The van der Waals surface area contributed by atoms with E-state index in [4.69, 9.17) is 9.47 Å². The Hall–Kier alpha value is -5.16. The number of rotatable bonds is 10. The van der Waals surface area contributed by atoms with Crippen LogP contribution in [-0.2, 0) is 0 Å². The highest BCUT2D eigenvalue weighted by molar-refractivity contribution is 6.21. The lowest BCUT2D eigenvalue weighted by atomic mass is 9.89. The monoisotopic (exact) mass is 576 g/mol. The first-order valence-electron chi connectivity index (χ1n) is 14.9. The lowest BCUT2D eigenvalue weighted by Crippen LogP contribution is -2.03. The molecule has 0 aliphatic heterocycles. The van der Waals surface area contributed by atoms with Crippen LogP contribution in [0.2, 0.25) is 0 Å². The Morgan fingerprint density at radius 1 is 0.409 bits per heavy atom. The standard InChI is InChI=1S/C40H32O4/c41-21-23-43-36-19-17-30(25-34(36)27-9-3-1-4-10-27)39-32-15-7-13-29-14-8-16-33(38(29)32)40(39)31-18-20-37(44-24-22-42)35(26-31)28-11-5-2-6-12-28/h1-20,25-26,41-42H,21-24H2. The van der Waals surface area contributed by atoms with Crippen LogP contribution in [-0.4, -0.2) is 36.6 Å². The topological polar surface area (TPSA) is 58.9 Å². The smallest absolute Gasteiger partial charge is 0.127 e. The van der Waals surface area contributed by atoms with Gasteiger partial charge in [-0.2, -0.15) is 0 Å². The first kappa shape index (κ1) is 27.7. The van der Waals surface area contributed by atoms with Gasteiger partial charge < -0.3 is 19.7 Å². The third kappa shape index (κ3) is 5.05. The summed E-state index contributed by atoms with van der Waals surface area (Å²) in [7, 11) is 0. The van der Waals surface area contributed by atoms with Crippen molar-refractivity contribution in [3.63, 3.8) is 0 Å². The van der Waals surface area contributed by atoms with Crippen molar-refractivity contribution in [3.05, 3.63) is 156 Å². The molecule has 0 radical (unpaired) electrons. The van der Waals surface area contributed by atoms with E-state index in [1.165, 1.54) is 21.9 Å². The molecule has 1 aliphatic rings. The third-order valence-corrected chi connectivity index (χ3v) is 8.10. The summed E-state index contributed by atoms with van der Waals surface area (Å²) in [4.78, 5) is 0. The highest BCUT2D eigenvalue weighted by Crippen LogP contribution is 2.50. The Labute approximate surface area is 257 Å². The molecular weight excluding hydrogens is 544 g/mol. The Morgan fingerprint density at radius 3 is 1.30 bits per heavy atom. The molecule has 0 saturated heterocycles. The van der Waals surface area contributed by atoms with Crippen LogP contribution in [0.1, 0.15) is 22.3 Å². The van der Waals surface area contributed by atoms with E-state index in [0.29, 0.717) is 0 Å². The molecule has 1 aliphatic carbocycles. The fourth-order valence-corrected chi connectivity index (χ4v) is 6.25. The summed E-state index contributed by atoms with van der Waals surface area (Å²) in [6, 6.07) is 46.2. The predicted molar refractivity (Wildman–Crippen MR) is 178 cm³/mol. The molecule has 0 saturated carbocycles. The van der Waals surface area contributed by atoms with E-state index in [2.05, 4.69) is 84.9 Å². The quantitative estimate of drug-likeness (QED) is 0.172. The first-order chi connectivity index (χ1) is 21.8.